The summed E-state index contributed by atoms with van der Waals surface area (Å²) in [4.78, 5) is 5.75. The normalized spacial score (nSPS) is 16.7. The van der Waals surface area contributed by atoms with Crippen molar-refractivity contribution in [2.75, 3.05) is 31.1 Å². The maximum atomic E-state index is 12.5. The largest absolute Gasteiger partial charge is 0.573 e. The lowest BCUT2D eigenvalue weighted by atomic mass is 10.3. The highest BCUT2D eigenvalue weighted by atomic mass is 35.5. The molecule has 6 nitrogen and oxygen atoms in total. The quantitative estimate of drug-likeness (QED) is 0.749. The second kappa shape index (κ2) is 7.22. The van der Waals surface area contributed by atoms with Gasteiger partial charge in [0.2, 0.25) is 0 Å². The van der Waals surface area contributed by atoms with Gasteiger partial charge in [-0.1, -0.05) is 11.6 Å². The van der Waals surface area contributed by atoms with Gasteiger partial charge in [0.15, 0.2) is 0 Å². The van der Waals surface area contributed by atoms with E-state index < -0.39 is 22.1 Å². The Kier molecular flexibility index (Phi) is 5.33. The van der Waals surface area contributed by atoms with Gasteiger partial charge in [0.05, 0.1) is 10.5 Å². The van der Waals surface area contributed by atoms with Crippen LogP contribution < -0.4 is 9.64 Å². The number of thiophene rings is 1. The number of halogens is 4. The molecule has 0 atom stereocenters. The zero-order valence-electron chi connectivity index (χ0n) is 13.1. The monoisotopic (exact) mass is 427 g/mol. The molecule has 0 spiro atoms. The van der Waals surface area contributed by atoms with E-state index in [4.69, 9.17) is 11.6 Å². The lowest BCUT2D eigenvalue weighted by Crippen LogP contribution is -2.48. The predicted molar refractivity (Wildman–Crippen MR) is 91.2 cm³/mol. The molecule has 0 bridgehead atoms. The average molecular weight is 428 g/mol. The van der Waals surface area contributed by atoms with E-state index in [0.29, 0.717) is 23.2 Å². The molecule has 1 aliphatic rings. The topological polar surface area (TPSA) is 62.7 Å². The van der Waals surface area contributed by atoms with E-state index in [1.807, 2.05) is 0 Å². The molecule has 3 rings (SSSR count). The summed E-state index contributed by atoms with van der Waals surface area (Å²) in [5.74, 6) is 0.0489. The van der Waals surface area contributed by atoms with E-state index in [0.717, 1.165) is 17.5 Å². The van der Waals surface area contributed by atoms with Crippen molar-refractivity contribution in [3.8, 4) is 5.75 Å². The van der Waals surface area contributed by atoms with Crippen molar-refractivity contribution in [1.29, 1.82) is 0 Å². The van der Waals surface area contributed by atoms with Crippen LogP contribution in [0, 0.1) is 0 Å². The van der Waals surface area contributed by atoms with Crippen molar-refractivity contribution in [2.45, 2.75) is 10.6 Å². The van der Waals surface area contributed by atoms with Crippen LogP contribution in [-0.2, 0) is 10.0 Å². The van der Waals surface area contributed by atoms with E-state index in [1.54, 1.807) is 4.90 Å². The molecule has 1 fully saturated rings. The number of piperazine rings is 1. The SMILES string of the molecule is O=S(=O)(c1ccc(Cl)s1)N1CCN(c2ccc(OC(F)(F)F)cn2)CC1. The van der Waals surface area contributed by atoms with Crippen LogP contribution in [0.2, 0.25) is 4.34 Å². The number of alkyl halides is 3. The fourth-order valence-electron chi connectivity index (χ4n) is 2.47. The van der Waals surface area contributed by atoms with Crippen molar-refractivity contribution in [3.05, 3.63) is 34.8 Å². The molecule has 0 saturated carbocycles. The molecule has 0 aliphatic carbocycles. The van der Waals surface area contributed by atoms with Gasteiger partial charge in [0.25, 0.3) is 10.0 Å². The molecular formula is C14H13ClF3N3O3S2. The highest BCUT2D eigenvalue weighted by Crippen LogP contribution is 2.29. The highest BCUT2D eigenvalue weighted by Gasteiger charge is 2.32. The molecule has 2 aromatic rings. The maximum absolute atomic E-state index is 12.5. The number of hydrogen-bond donors (Lipinski definition) is 0. The van der Waals surface area contributed by atoms with Gasteiger partial charge in [-0.3, -0.25) is 0 Å². The first kappa shape index (κ1) is 19.2. The summed E-state index contributed by atoms with van der Waals surface area (Å²) in [7, 11) is -3.60. The van der Waals surface area contributed by atoms with E-state index in [-0.39, 0.29) is 17.3 Å². The molecule has 3 heterocycles. The molecule has 2 aromatic heterocycles. The van der Waals surface area contributed by atoms with Crippen molar-refractivity contribution in [1.82, 2.24) is 9.29 Å². The summed E-state index contributed by atoms with van der Waals surface area (Å²) in [6.07, 6.45) is -3.78. The Bertz CT molecular complexity index is 864. The maximum Gasteiger partial charge on any atom is 0.573 e. The molecule has 0 amide bonds. The minimum Gasteiger partial charge on any atom is -0.404 e. The third-order valence-electron chi connectivity index (χ3n) is 3.66. The van der Waals surface area contributed by atoms with Crippen LogP contribution in [0.25, 0.3) is 0 Å². The van der Waals surface area contributed by atoms with Crippen molar-refractivity contribution >= 4 is 38.8 Å². The number of sulfonamides is 1. The standard InChI is InChI=1S/C14H13ClF3N3O3S2/c15-11-2-4-13(25-11)26(22,23)21-7-5-20(6-8-21)12-3-1-10(9-19-12)24-14(16,17)18/h1-4,9H,5-8H2. The van der Waals surface area contributed by atoms with Gasteiger partial charge in [-0.2, -0.15) is 4.31 Å². The lowest BCUT2D eigenvalue weighted by molar-refractivity contribution is -0.274. The first-order valence-electron chi connectivity index (χ1n) is 7.37. The number of rotatable bonds is 4. The Labute approximate surface area is 156 Å². The minimum atomic E-state index is -4.77. The van der Waals surface area contributed by atoms with Crippen LogP contribution in [0.15, 0.2) is 34.7 Å². The molecule has 0 radical (unpaired) electrons. The molecule has 1 aliphatic heterocycles. The number of anilines is 1. The number of nitrogens with zero attached hydrogens (tertiary/aromatic N) is 3. The number of pyridine rings is 1. The molecule has 142 valence electrons. The highest BCUT2D eigenvalue weighted by molar-refractivity contribution is 7.91. The van der Waals surface area contributed by atoms with Crippen LogP contribution in [0.5, 0.6) is 5.75 Å². The van der Waals surface area contributed by atoms with Crippen LogP contribution >= 0.6 is 22.9 Å². The van der Waals surface area contributed by atoms with Gasteiger partial charge in [0, 0.05) is 26.2 Å². The summed E-state index contributed by atoms with van der Waals surface area (Å²) in [6, 6.07) is 5.58. The van der Waals surface area contributed by atoms with Crippen LogP contribution in [0.4, 0.5) is 19.0 Å². The van der Waals surface area contributed by atoms with Crippen LogP contribution in [0.1, 0.15) is 0 Å². The van der Waals surface area contributed by atoms with Crippen LogP contribution in [-0.4, -0.2) is 50.2 Å². The Hall–Kier alpha value is -1.56. The first-order valence-corrected chi connectivity index (χ1v) is 10.0. The smallest absolute Gasteiger partial charge is 0.404 e. The molecular weight excluding hydrogens is 415 g/mol. The summed E-state index contributed by atoms with van der Waals surface area (Å²) in [5.41, 5.74) is 0. The second-order valence-corrected chi connectivity index (χ2v) is 9.23. The van der Waals surface area contributed by atoms with E-state index in [1.165, 1.54) is 28.6 Å². The zero-order valence-corrected chi connectivity index (χ0v) is 15.5. The Balaban J connectivity index is 1.63. The summed E-state index contributed by atoms with van der Waals surface area (Å²) < 4.78 is 67.3. The van der Waals surface area contributed by atoms with E-state index in [2.05, 4.69) is 9.72 Å². The third kappa shape index (κ3) is 4.40. The summed E-state index contributed by atoms with van der Waals surface area (Å²) in [5, 5.41) is 0. The van der Waals surface area contributed by atoms with Crippen molar-refractivity contribution < 1.29 is 26.3 Å². The molecule has 0 aromatic carbocycles. The fourth-order valence-corrected chi connectivity index (χ4v) is 5.53. The molecule has 1 saturated heterocycles. The molecule has 0 N–H and O–H groups in total. The average Bonchev–Trinajstić information content (AvgIpc) is 3.02. The van der Waals surface area contributed by atoms with E-state index >= 15 is 0 Å². The minimum absolute atomic E-state index is 0.183. The third-order valence-corrected chi connectivity index (χ3v) is 7.26. The summed E-state index contributed by atoms with van der Waals surface area (Å²) in [6.45, 7) is 1.20. The zero-order chi connectivity index (χ0) is 18.9. The first-order chi connectivity index (χ1) is 12.1. The van der Waals surface area contributed by atoms with Gasteiger partial charge >= 0.3 is 6.36 Å². The summed E-state index contributed by atoms with van der Waals surface area (Å²) >= 11 is 6.80. The predicted octanol–water partition coefficient (Wildman–Crippen LogP) is 3.21. The van der Waals surface area contributed by atoms with Gasteiger partial charge in [-0.05, 0) is 24.3 Å². The van der Waals surface area contributed by atoms with Gasteiger partial charge in [0.1, 0.15) is 15.8 Å². The van der Waals surface area contributed by atoms with E-state index in [9.17, 15) is 21.6 Å². The Morgan fingerprint density at radius 2 is 1.81 bits per heavy atom. The van der Waals surface area contributed by atoms with Gasteiger partial charge in [-0.15, -0.1) is 24.5 Å². The fraction of sp³-hybridized carbons (Fsp3) is 0.357. The van der Waals surface area contributed by atoms with Crippen molar-refractivity contribution in [3.63, 3.8) is 0 Å². The van der Waals surface area contributed by atoms with Gasteiger partial charge < -0.3 is 9.64 Å². The number of hydrogen-bond acceptors (Lipinski definition) is 6. The van der Waals surface area contributed by atoms with Crippen LogP contribution in [0.3, 0.4) is 0 Å². The lowest BCUT2D eigenvalue weighted by Gasteiger charge is -2.34. The molecule has 12 heteroatoms. The Morgan fingerprint density at radius 1 is 1.12 bits per heavy atom. The van der Waals surface area contributed by atoms with Crippen molar-refractivity contribution in [2.24, 2.45) is 0 Å². The Morgan fingerprint density at radius 3 is 2.31 bits per heavy atom. The second-order valence-electron chi connectivity index (χ2n) is 5.35. The molecule has 26 heavy (non-hydrogen) atoms. The number of aromatic nitrogens is 1. The molecule has 0 unspecified atom stereocenters. The number of ether oxygens (including phenoxy) is 1. The van der Waals surface area contributed by atoms with Gasteiger partial charge in [-0.25, -0.2) is 13.4 Å².